The Balaban J connectivity index is 1.44. The van der Waals surface area contributed by atoms with Crippen molar-refractivity contribution in [1.29, 1.82) is 0 Å². The molecule has 1 aromatic carbocycles. The molecule has 5 nitrogen and oxygen atoms in total. The Morgan fingerprint density at radius 3 is 2.44 bits per heavy atom. The fraction of sp³-hybridized carbons (Fsp3) is 0.682. The van der Waals surface area contributed by atoms with E-state index in [4.69, 9.17) is 15.2 Å². The minimum atomic E-state index is -0.812. The summed E-state index contributed by atoms with van der Waals surface area (Å²) in [6.45, 7) is 8.92. The number of nitrogens with two attached hydrogens (primary N) is 1. The number of hydrogen-bond acceptors (Lipinski definition) is 4. The number of ether oxygens (including phenoxy) is 2. The second-order valence-electron chi connectivity index (χ2n) is 8.44. The van der Waals surface area contributed by atoms with E-state index in [-0.39, 0.29) is 23.5 Å². The van der Waals surface area contributed by atoms with Crippen molar-refractivity contribution in [1.82, 2.24) is 4.90 Å². The van der Waals surface area contributed by atoms with Gasteiger partial charge in [0.05, 0.1) is 18.8 Å². The Kier molecular flexibility index (Phi) is 6.24. The van der Waals surface area contributed by atoms with Crippen LogP contribution in [0.1, 0.15) is 45.6 Å². The van der Waals surface area contributed by atoms with Crippen LogP contribution in [0.25, 0.3) is 0 Å². The highest BCUT2D eigenvalue weighted by molar-refractivity contribution is 5.89. The number of amides is 1. The standard InChI is InChI=1S/C22H34N2O3/c1-4-26-19-16-22(23,21(19,2)3)20(25)24-13-10-18(11-14-24)27-15-12-17-8-6-5-7-9-17/h5-9,18-19H,4,10-16,23H2,1-3H3. The van der Waals surface area contributed by atoms with E-state index in [1.165, 1.54) is 5.56 Å². The van der Waals surface area contributed by atoms with Crippen LogP contribution in [0.5, 0.6) is 0 Å². The molecular formula is C22H34N2O3. The van der Waals surface area contributed by atoms with Crippen LogP contribution in [0.3, 0.4) is 0 Å². The van der Waals surface area contributed by atoms with Gasteiger partial charge in [0, 0.05) is 31.5 Å². The molecule has 0 radical (unpaired) electrons. The zero-order valence-electron chi connectivity index (χ0n) is 16.9. The largest absolute Gasteiger partial charge is 0.378 e. The third-order valence-electron chi connectivity index (χ3n) is 6.53. The summed E-state index contributed by atoms with van der Waals surface area (Å²) in [4.78, 5) is 15.0. The van der Waals surface area contributed by atoms with Crippen molar-refractivity contribution in [3.05, 3.63) is 35.9 Å². The summed E-state index contributed by atoms with van der Waals surface area (Å²) in [5.41, 5.74) is 6.71. The Bertz CT molecular complexity index is 626. The van der Waals surface area contributed by atoms with Gasteiger partial charge in [0.15, 0.2) is 0 Å². The molecule has 5 heteroatoms. The maximum Gasteiger partial charge on any atom is 0.243 e. The zero-order chi connectivity index (χ0) is 19.5. The molecule has 1 aliphatic carbocycles. The third kappa shape index (κ3) is 4.05. The molecule has 3 rings (SSSR count). The Morgan fingerprint density at radius 2 is 1.85 bits per heavy atom. The van der Waals surface area contributed by atoms with Crippen LogP contribution >= 0.6 is 0 Å². The van der Waals surface area contributed by atoms with Crippen molar-refractivity contribution in [2.75, 3.05) is 26.3 Å². The molecule has 1 saturated heterocycles. The molecule has 2 fully saturated rings. The van der Waals surface area contributed by atoms with E-state index < -0.39 is 5.54 Å². The number of piperidine rings is 1. The van der Waals surface area contributed by atoms with E-state index in [1.807, 2.05) is 31.7 Å². The first-order valence-electron chi connectivity index (χ1n) is 10.2. The number of benzene rings is 1. The Labute approximate surface area is 163 Å². The van der Waals surface area contributed by atoms with Gasteiger partial charge in [-0.1, -0.05) is 44.2 Å². The fourth-order valence-corrected chi connectivity index (χ4v) is 4.29. The minimum absolute atomic E-state index is 0.0651. The predicted molar refractivity (Wildman–Crippen MR) is 106 cm³/mol. The minimum Gasteiger partial charge on any atom is -0.378 e. The van der Waals surface area contributed by atoms with Gasteiger partial charge in [0.25, 0.3) is 0 Å². The summed E-state index contributed by atoms with van der Waals surface area (Å²) in [5, 5.41) is 0. The molecule has 2 N–H and O–H groups in total. The van der Waals surface area contributed by atoms with Gasteiger partial charge in [-0.3, -0.25) is 4.79 Å². The average Bonchev–Trinajstić information content (AvgIpc) is 2.68. The van der Waals surface area contributed by atoms with Crippen molar-refractivity contribution in [3.8, 4) is 0 Å². The van der Waals surface area contributed by atoms with Crippen molar-refractivity contribution < 1.29 is 14.3 Å². The molecule has 2 unspecified atom stereocenters. The summed E-state index contributed by atoms with van der Waals surface area (Å²) in [7, 11) is 0. The second-order valence-corrected chi connectivity index (χ2v) is 8.44. The van der Waals surface area contributed by atoms with Crippen molar-refractivity contribution >= 4 is 5.91 Å². The average molecular weight is 375 g/mol. The Morgan fingerprint density at radius 1 is 1.19 bits per heavy atom. The van der Waals surface area contributed by atoms with Gasteiger partial charge in [-0.15, -0.1) is 0 Å². The van der Waals surface area contributed by atoms with Crippen LogP contribution in [-0.2, 0) is 20.7 Å². The number of rotatable bonds is 7. The highest BCUT2D eigenvalue weighted by Crippen LogP contribution is 2.50. The molecule has 27 heavy (non-hydrogen) atoms. The monoisotopic (exact) mass is 374 g/mol. The maximum atomic E-state index is 13.1. The topological polar surface area (TPSA) is 64.8 Å². The highest BCUT2D eigenvalue weighted by atomic mass is 16.5. The van der Waals surface area contributed by atoms with Crippen LogP contribution in [0.4, 0.5) is 0 Å². The fourth-order valence-electron chi connectivity index (χ4n) is 4.29. The van der Waals surface area contributed by atoms with Crippen LogP contribution < -0.4 is 5.73 Å². The first-order valence-corrected chi connectivity index (χ1v) is 10.2. The number of likely N-dealkylation sites (tertiary alicyclic amines) is 1. The number of nitrogens with zero attached hydrogens (tertiary/aromatic N) is 1. The van der Waals surface area contributed by atoms with Gasteiger partial charge in [-0.05, 0) is 31.7 Å². The van der Waals surface area contributed by atoms with E-state index in [0.29, 0.717) is 13.0 Å². The van der Waals surface area contributed by atoms with Gasteiger partial charge < -0.3 is 20.1 Å². The van der Waals surface area contributed by atoms with Crippen LogP contribution in [0.15, 0.2) is 30.3 Å². The first kappa shape index (κ1) is 20.3. The third-order valence-corrected chi connectivity index (χ3v) is 6.53. The van der Waals surface area contributed by atoms with Crippen LogP contribution in [0, 0.1) is 5.41 Å². The van der Waals surface area contributed by atoms with Gasteiger partial charge in [-0.2, -0.15) is 0 Å². The molecule has 1 heterocycles. The van der Waals surface area contributed by atoms with Crippen molar-refractivity contribution in [2.45, 2.75) is 64.2 Å². The molecule has 2 atom stereocenters. The van der Waals surface area contributed by atoms with Crippen LogP contribution in [0.2, 0.25) is 0 Å². The summed E-state index contributed by atoms with van der Waals surface area (Å²) < 4.78 is 11.8. The zero-order valence-corrected chi connectivity index (χ0v) is 16.9. The van der Waals surface area contributed by atoms with E-state index in [1.54, 1.807) is 0 Å². The molecule has 1 aromatic rings. The van der Waals surface area contributed by atoms with Crippen LogP contribution in [-0.4, -0.2) is 54.9 Å². The molecule has 1 amide bonds. The molecule has 1 aliphatic heterocycles. The van der Waals surface area contributed by atoms with E-state index >= 15 is 0 Å². The smallest absolute Gasteiger partial charge is 0.243 e. The van der Waals surface area contributed by atoms with Crippen molar-refractivity contribution in [2.24, 2.45) is 11.1 Å². The normalized spacial score (nSPS) is 28.0. The Hall–Kier alpha value is -1.43. The molecule has 0 aromatic heterocycles. The molecule has 0 bridgehead atoms. The van der Waals surface area contributed by atoms with Gasteiger partial charge in [-0.25, -0.2) is 0 Å². The summed E-state index contributed by atoms with van der Waals surface area (Å²) in [6.07, 6.45) is 3.60. The lowest BCUT2D eigenvalue weighted by molar-refractivity contribution is -0.181. The van der Waals surface area contributed by atoms with Crippen molar-refractivity contribution in [3.63, 3.8) is 0 Å². The molecule has 0 spiro atoms. The quantitative estimate of drug-likeness (QED) is 0.797. The lowest BCUT2D eigenvalue weighted by atomic mass is 9.54. The molecule has 150 valence electrons. The molecule has 2 aliphatic rings. The predicted octanol–water partition coefficient (Wildman–Crippen LogP) is 2.77. The molecule has 1 saturated carbocycles. The number of carbonyl (C=O) groups is 1. The lowest BCUT2D eigenvalue weighted by Gasteiger charge is -2.59. The summed E-state index contributed by atoms with van der Waals surface area (Å²) in [5.74, 6) is 0.0752. The first-order chi connectivity index (χ1) is 12.9. The number of hydrogen-bond donors (Lipinski definition) is 1. The number of carbonyl (C=O) groups excluding carboxylic acids is 1. The summed E-state index contributed by atoms with van der Waals surface area (Å²) >= 11 is 0. The maximum absolute atomic E-state index is 13.1. The lowest BCUT2D eigenvalue weighted by Crippen LogP contribution is -2.76. The van der Waals surface area contributed by atoms with E-state index in [2.05, 4.69) is 24.3 Å². The SMILES string of the molecule is CCOC1CC(N)(C(=O)N2CCC(OCCc3ccccc3)CC2)C1(C)C. The van der Waals surface area contributed by atoms with Gasteiger partial charge in [0.1, 0.15) is 5.54 Å². The van der Waals surface area contributed by atoms with Gasteiger partial charge in [0.2, 0.25) is 5.91 Å². The van der Waals surface area contributed by atoms with E-state index in [9.17, 15) is 4.79 Å². The van der Waals surface area contributed by atoms with E-state index in [0.717, 1.165) is 39.0 Å². The van der Waals surface area contributed by atoms with Gasteiger partial charge >= 0.3 is 0 Å². The second kappa shape index (κ2) is 8.29. The summed E-state index contributed by atoms with van der Waals surface area (Å²) in [6, 6.07) is 10.4. The highest BCUT2D eigenvalue weighted by Gasteiger charge is 2.63. The molecular weight excluding hydrogens is 340 g/mol.